The predicted octanol–water partition coefficient (Wildman–Crippen LogP) is 1.50. The van der Waals surface area contributed by atoms with E-state index in [4.69, 9.17) is 9.84 Å². The average molecular weight is 280 g/mol. The molecule has 1 aromatic rings. The number of aliphatic hydroxyl groups excluding tert-OH is 1. The topological polar surface area (TPSA) is 49.7 Å². The normalized spacial score (nSPS) is 9.92. The number of phenolic OH excluding ortho intramolecular Hbond substituents is 1. The largest absolute Gasteiger partial charge is 0.507 e. The van der Waals surface area contributed by atoms with Gasteiger partial charge in [-0.3, -0.25) is 0 Å². The average Bonchev–Trinajstić information content (AvgIpc) is 2.09. The van der Waals surface area contributed by atoms with Crippen molar-refractivity contribution >= 4 is 22.6 Å². The molecule has 2 N–H and O–H groups in total. The van der Waals surface area contributed by atoms with Crippen molar-refractivity contribution in [1.29, 1.82) is 0 Å². The van der Waals surface area contributed by atoms with E-state index in [1.165, 1.54) is 13.2 Å². The minimum absolute atomic E-state index is 0.0964. The maximum Gasteiger partial charge on any atom is 0.136 e. The van der Waals surface area contributed by atoms with Crippen LogP contribution in [0, 0.1) is 3.57 Å². The number of halogens is 1. The summed E-state index contributed by atoms with van der Waals surface area (Å²) in [6, 6.07) is 3.21. The van der Waals surface area contributed by atoms with Gasteiger partial charge in [0.2, 0.25) is 0 Å². The molecule has 0 fully saturated rings. The van der Waals surface area contributed by atoms with Gasteiger partial charge in [0.1, 0.15) is 11.5 Å². The van der Waals surface area contributed by atoms with Crippen molar-refractivity contribution in [2.75, 3.05) is 7.11 Å². The first-order valence-electron chi connectivity index (χ1n) is 3.35. The van der Waals surface area contributed by atoms with Gasteiger partial charge in [-0.05, 0) is 40.3 Å². The fraction of sp³-hybridized carbons (Fsp3) is 0.250. The number of aromatic hydroxyl groups is 1. The van der Waals surface area contributed by atoms with Crippen LogP contribution in [-0.2, 0) is 6.61 Å². The van der Waals surface area contributed by atoms with Crippen LogP contribution in [0.2, 0.25) is 0 Å². The van der Waals surface area contributed by atoms with Gasteiger partial charge in [0.25, 0.3) is 0 Å². The van der Waals surface area contributed by atoms with Gasteiger partial charge in [-0.15, -0.1) is 0 Å². The summed E-state index contributed by atoms with van der Waals surface area (Å²) in [6.45, 7) is -0.0964. The molecule has 1 aromatic carbocycles. The van der Waals surface area contributed by atoms with Crippen LogP contribution in [0.1, 0.15) is 5.56 Å². The Morgan fingerprint density at radius 1 is 1.50 bits per heavy atom. The monoisotopic (exact) mass is 280 g/mol. The summed E-state index contributed by atoms with van der Waals surface area (Å²) < 4.78 is 5.65. The Kier molecular flexibility index (Phi) is 3.16. The number of benzene rings is 1. The van der Waals surface area contributed by atoms with E-state index in [-0.39, 0.29) is 12.4 Å². The molecule has 0 aliphatic carbocycles. The highest BCUT2D eigenvalue weighted by molar-refractivity contribution is 14.1. The van der Waals surface area contributed by atoms with Crippen LogP contribution in [0.3, 0.4) is 0 Å². The summed E-state index contributed by atoms with van der Waals surface area (Å²) in [6.07, 6.45) is 0. The van der Waals surface area contributed by atoms with Gasteiger partial charge in [-0.1, -0.05) is 0 Å². The molecule has 0 spiro atoms. The molecular formula is C8H9IO3. The summed E-state index contributed by atoms with van der Waals surface area (Å²) >= 11 is 1.98. The second-order valence-electron chi connectivity index (χ2n) is 2.29. The van der Waals surface area contributed by atoms with Crippen molar-refractivity contribution in [2.24, 2.45) is 0 Å². The highest BCUT2D eigenvalue weighted by atomic mass is 127. The Balaban J connectivity index is 3.19. The lowest BCUT2D eigenvalue weighted by Gasteiger charge is -2.06. The van der Waals surface area contributed by atoms with Gasteiger partial charge in [-0.25, -0.2) is 0 Å². The fourth-order valence-corrected chi connectivity index (χ4v) is 1.41. The van der Waals surface area contributed by atoms with Crippen molar-refractivity contribution in [2.45, 2.75) is 6.61 Å². The lowest BCUT2D eigenvalue weighted by molar-refractivity contribution is 0.280. The standard InChI is InChI=1S/C8H9IO3/c1-12-7-3-5(4-10)2-6(11)8(7)9/h2-3,10-11H,4H2,1H3. The molecule has 0 radical (unpaired) electrons. The van der Waals surface area contributed by atoms with Crippen LogP contribution in [0.4, 0.5) is 0 Å². The third kappa shape index (κ3) is 1.81. The first kappa shape index (κ1) is 9.60. The molecule has 3 nitrogen and oxygen atoms in total. The SMILES string of the molecule is COc1cc(CO)cc(O)c1I. The second-order valence-corrected chi connectivity index (χ2v) is 3.37. The minimum atomic E-state index is -0.0964. The molecular weight excluding hydrogens is 271 g/mol. The Labute approximate surface area is 84.1 Å². The molecule has 0 unspecified atom stereocenters. The molecule has 0 bridgehead atoms. The van der Waals surface area contributed by atoms with E-state index in [1.807, 2.05) is 22.6 Å². The van der Waals surface area contributed by atoms with Gasteiger partial charge in [0.05, 0.1) is 17.3 Å². The lowest BCUT2D eigenvalue weighted by Crippen LogP contribution is -1.91. The molecule has 1 rings (SSSR count). The van der Waals surface area contributed by atoms with Crippen LogP contribution in [-0.4, -0.2) is 17.3 Å². The quantitative estimate of drug-likeness (QED) is 0.807. The first-order valence-corrected chi connectivity index (χ1v) is 4.43. The summed E-state index contributed by atoms with van der Waals surface area (Å²) in [5.41, 5.74) is 0.643. The van der Waals surface area contributed by atoms with Gasteiger partial charge in [-0.2, -0.15) is 0 Å². The van der Waals surface area contributed by atoms with Crippen molar-refractivity contribution in [1.82, 2.24) is 0 Å². The van der Waals surface area contributed by atoms with Crippen LogP contribution in [0.25, 0.3) is 0 Å². The Bertz CT molecular complexity index is 286. The number of hydrogen-bond donors (Lipinski definition) is 2. The molecule has 0 aliphatic heterocycles. The summed E-state index contributed by atoms with van der Waals surface area (Å²) in [7, 11) is 1.53. The summed E-state index contributed by atoms with van der Waals surface area (Å²) in [4.78, 5) is 0. The van der Waals surface area contributed by atoms with E-state index in [2.05, 4.69) is 0 Å². The van der Waals surface area contributed by atoms with Crippen molar-refractivity contribution in [3.8, 4) is 11.5 Å². The number of methoxy groups -OCH3 is 1. The van der Waals surface area contributed by atoms with Gasteiger partial charge in [0.15, 0.2) is 0 Å². The van der Waals surface area contributed by atoms with Crippen LogP contribution in [0.15, 0.2) is 12.1 Å². The van der Waals surface area contributed by atoms with E-state index >= 15 is 0 Å². The third-order valence-electron chi connectivity index (χ3n) is 1.48. The first-order chi connectivity index (χ1) is 5.69. The van der Waals surface area contributed by atoms with E-state index in [9.17, 15) is 5.11 Å². The Morgan fingerprint density at radius 3 is 2.67 bits per heavy atom. The zero-order valence-corrected chi connectivity index (χ0v) is 8.70. The van der Waals surface area contributed by atoms with Gasteiger partial charge >= 0.3 is 0 Å². The highest BCUT2D eigenvalue weighted by Gasteiger charge is 2.06. The Morgan fingerprint density at radius 2 is 2.17 bits per heavy atom. The number of ether oxygens (including phenoxy) is 1. The third-order valence-corrected chi connectivity index (χ3v) is 2.57. The molecule has 0 aliphatic rings. The zero-order chi connectivity index (χ0) is 9.14. The number of phenols is 1. The number of rotatable bonds is 2. The predicted molar refractivity (Wildman–Crippen MR) is 53.3 cm³/mol. The Hall–Kier alpha value is -0.490. The zero-order valence-electron chi connectivity index (χ0n) is 6.54. The lowest BCUT2D eigenvalue weighted by atomic mass is 10.2. The highest BCUT2D eigenvalue weighted by Crippen LogP contribution is 2.30. The molecule has 0 saturated heterocycles. The van der Waals surface area contributed by atoms with Crippen LogP contribution < -0.4 is 4.74 Å². The molecule has 0 saturated carbocycles. The molecule has 0 heterocycles. The molecule has 4 heteroatoms. The van der Waals surface area contributed by atoms with E-state index in [1.54, 1.807) is 6.07 Å². The van der Waals surface area contributed by atoms with E-state index < -0.39 is 0 Å². The fourth-order valence-electron chi connectivity index (χ4n) is 0.878. The van der Waals surface area contributed by atoms with Crippen LogP contribution >= 0.6 is 22.6 Å². The van der Waals surface area contributed by atoms with E-state index in [0.29, 0.717) is 14.9 Å². The molecule has 66 valence electrons. The number of aliphatic hydroxyl groups is 1. The summed E-state index contributed by atoms with van der Waals surface area (Å²) in [5, 5.41) is 18.1. The summed E-state index contributed by atoms with van der Waals surface area (Å²) in [5.74, 6) is 0.721. The van der Waals surface area contributed by atoms with Crippen LogP contribution in [0.5, 0.6) is 11.5 Å². The van der Waals surface area contributed by atoms with Gasteiger partial charge < -0.3 is 14.9 Å². The maximum absolute atomic E-state index is 9.34. The molecule has 0 aromatic heterocycles. The van der Waals surface area contributed by atoms with Crippen molar-refractivity contribution in [3.63, 3.8) is 0 Å². The van der Waals surface area contributed by atoms with Gasteiger partial charge in [0, 0.05) is 0 Å². The molecule has 12 heavy (non-hydrogen) atoms. The van der Waals surface area contributed by atoms with E-state index in [0.717, 1.165) is 0 Å². The molecule has 0 atom stereocenters. The smallest absolute Gasteiger partial charge is 0.136 e. The maximum atomic E-state index is 9.34. The van der Waals surface area contributed by atoms with Crippen molar-refractivity contribution in [3.05, 3.63) is 21.3 Å². The second kappa shape index (κ2) is 3.95. The minimum Gasteiger partial charge on any atom is -0.507 e. The number of hydrogen-bond acceptors (Lipinski definition) is 3. The van der Waals surface area contributed by atoms with Crippen molar-refractivity contribution < 1.29 is 14.9 Å². The molecule has 0 amide bonds.